The molecular formula is C8H11NO4. The topological polar surface area (TPSA) is 74.7 Å². The predicted octanol–water partition coefficient (Wildman–Crippen LogP) is -0.492. The molecule has 0 spiro atoms. The summed E-state index contributed by atoms with van der Waals surface area (Å²) in [6.07, 6.45) is 0.728. The summed E-state index contributed by atoms with van der Waals surface area (Å²) in [6.45, 7) is 2.35. The van der Waals surface area contributed by atoms with Gasteiger partial charge in [0.2, 0.25) is 5.78 Å². The van der Waals surface area contributed by atoms with Gasteiger partial charge in [-0.15, -0.1) is 0 Å². The van der Waals surface area contributed by atoms with E-state index < -0.39 is 23.6 Å². The number of rotatable bonds is 3. The number of amides is 1. The average Bonchev–Trinajstić information content (AvgIpc) is 2.33. The predicted molar refractivity (Wildman–Crippen MR) is 43.0 cm³/mol. The number of carboxylic acid groups (broad SMARTS) is 1. The van der Waals surface area contributed by atoms with Gasteiger partial charge in [-0.05, 0) is 6.42 Å². The normalized spacial score (nSPS) is 22.5. The summed E-state index contributed by atoms with van der Waals surface area (Å²) in [5.74, 6) is -3.81. The van der Waals surface area contributed by atoms with E-state index in [0.717, 1.165) is 6.42 Å². The Hall–Kier alpha value is -1.39. The molecule has 0 aliphatic carbocycles. The standard InChI is InChI=1S/C8H11NO4/c1-2-3-9-4-5(8(12)13)6(10)7(9)11/h5H,2-4H2,1H3,(H,12,13). The van der Waals surface area contributed by atoms with Crippen LogP contribution >= 0.6 is 0 Å². The molecule has 5 heteroatoms. The Morgan fingerprint density at radius 3 is 2.62 bits per heavy atom. The molecule has 1 aliphatic rings. The first-order valence-corrected chi connectivity index (χ1v) is 4.13. The van der Waals surface area contributed by atoms with Crippen LogP contribution in [0.4, 0.5) is 0 Å². The van der Waals surface area contributed by atoms with Crippen molar-refractivity contribution in [1.82, 2.24) is 4.90 Å². The monoisotopic (exact) mass is 185 g/mol. The molecule has 5 nitrogen and oxygen atoms in total. The smallest absolute Gasteiger partial charge is 0.316 e. The number of hydrogen-bond donors (Lipinski definition) is 1. The fraction of sp³-hybridized carbons (Fsp3) is 0.625. The van der Waals surface area contributed by atoms with E-state index in [4.69, 9.17) is 5.11 Å². The fourth-order valence-corrected chi connectivity index (χ4v) is 1.34. The van der Waals surface area contributed by atoms with Crippen molar-refractivity contribution in [2.75, 3.05) is 13.1 Å². The van der Waals surface area contributed by atoms with E-state index in [1.54, 1.807) is 0 Å². The van der Waals surface area contributed by atoms with Gasteiger partial charge in [0.1, 0.15) is 5.92 Å². The molecule has 1 amide bonds. The quantitative estimate of drug-likeness (QED) is 0.475. The molecule has 0 bridgehead atoms. The van der Waals surface area contributed by atoms with Gasteiger partial charge in [-0.2, -0.15) is 0 Å². The van der Waals surface area contributed by atoms with E-state index in [1.165, 1.54) is 4.90 Å². The summed E-state index contributed by atoms with van der Waals surface area (Å²) in [5, 5.41) is 8.59. The minimum Gasteiger partial charge on any atom is -0.481 e. The lowest BCUT2D eigenvalue weighted by Gasteiger charge is -2.12. The zero-order valence-electron chi connectivity index (χ0n) is 7.32. The largest absolute Gasteiger partial charge is 0.481 e. The van der Waals surface area contributed by atoms with Crippen LogP contribution in [0.15, 0.2) is 0 Å². The van der Waals surface area contributed by atoms with Crippen molar-refractivity contribution in [1.29, 1.82) is 0 Å². The van der Waals surface area contributed by atoms with Crippen molar-refractivity contribution in [2.45, 2.75) is 13.3 Å². The number of carboxylic acids is 1. The van der Waals surface area contributed by atoms with Gasteiger partial charge in [-0.1, -0.05) is 6.92 Å². The second kappa shape index (κ2) is 3.55. The summed E-state index contributed by atoms with van der Waals surface area (Å²) in [5.41, 5.74) is 0. The summed E-state index contributed by atoms with van der Waals surface area (Å²) in [7, 11) is 0. The van der Waals surface area contributed by atoms with Crippen molar-refractivity contribution >= 4 is 17.7 Å². The molecule has 0 aromatic heterocycles. The lowest BCUT2D eigenvalue weighted by molar-refractivity contribution is -0.147. The molecule has 72 valence electrons. The highest BCUT2D eigenvalue weighted by molar-refractivity contribution is 6.42. The van der Waals surface area contributed by atoms with Crippen molar-refractivity contribution in [2.24, 2.45) is 5.92 Å². The number of carbonyl (C=O) groups excluding carboxylic acids is 2. The number of likely N-dealkylation sites (tertiary alicyclic amines) is 1. The molecular weight excluding hydrogens is 174 g/mol. The lowest BCUT2D eigenvalue weighted by atomic mass is 10.1. The first-order chi connectivity index (χ1) is 6.07. The molecule has 0 saturated carbocycles. The Bertz CT molecular complexity index is 261. The highest BCUT2D eigenvalue weighted by Gasteiger charge is 2.42. The molecule has 0 aromatic carbocycles. The van der Waals surface area contributed by atoms with E-state index in [-0.39, 0.29) is 6.54 Å². The molecule has 1 heterocycles. The van der Waals surface area contributed by atoms with Gasteiger partial charge < -0.3 is 10.0 Å². The Morgan fingerprint density at radius 1 is 1.62 bits per heavy atom. The van der Waals surface area contributed by atoms with Gasteiger partial charge in [0.15, 0.2) is 0 Å². The van der Waals surface area contributed by atoms with Crippen molar-refractivity contribution in [3.8, 4) is 0 Å². The zero-order valence-corrected chi connectivity index (χ0v) is 7.32. The van der Waals surface area contributed by atoms with Gasteiger partial charge in [0.05, 0.1) is 0 Å². The molecule has 1 fully saturated rings. The summed E-state index contributed by atoms with van der Waals surface area (Å²) in [6, 6.07) is 0. The van der Waals surface area contributed by atoms with Gasteiger partial charge >= 0.3 is 5.97 Å². The lowest BCUT2D eigenvalue weighted by Crippen LogP contribution is -2.27. The molecule has 1 saturated heterocycles. The van der Waals surface area contributed by atoms with Crippen LogP contribution in [0, 0.1) is 5.92 Å². The fourth-order valence-electron chi connectivity index (χ4n) is 1.34. The first-order valence-electron chi connectivity index (χ1n) is 4.13. The van der Waals surface area contributed by atoms with Crippen LogP contribution in [0.1, 0.15) is 13.3 Å². The molecule has 1 atom stereocenters. The van der Waals surface area contributed by atoms with Gasteiger partial charge in [-0.3, -0.25) is 14.4 Å². The van der Waals surface area contributed by atoms with Crippen molar-refractivity contribution < 1.29 is 19.5 Å². The Balaban J connectivity index is 2.72. The zero-order chi connectivity index (χ0) is 10.0. The highest BCUT2D eigenvalue weighted by Crippen LogP contribution is 2.14. The van der Waals surface area contributed by atoms with Gasteiger partial charge in [0, 0.05) is 13.1 Å². The Labute approximate surface area is 75.3 Å². The van der Waals surface area contributed by atoms with Gasteiger partial charge in [-0.25, -0.2) is 0 Å². The molecule has 0 aromatic rings. The SMILES string of the molecule is CCCN1CC(C(=O)O)C(=O)C1=O. The Morgan fingerprint density at radius 2 is 2.23 bits per heavy atom. The molecule has 1 N–H and O–H groups in total. The number of hydrogen-bond acceptors (Lipinski definition) is 3. The van der Waals surface area contributed by atoms with Crippen LogP contribution < -0.4 is 0 Å². The van der Waals surface area contributed by atoms with E-state index in [1.807, 2.05) is 6.92 Å². The van der Waals surface area contributed by atoms with E-state index >= 15 is 0 Å². The minimum atomic E-state index is -1.21. The molecule has 13 heavy (non-hydrogen) atoms. The van der Waals surface area contributed by atoms with Crippen LogP contribution in [0.25, 0.3) is 0 Å². The number of Topliss-reactive ketones (excluding diaryl/α,β-unsaturated/α-hetero) is 1. The second-order valence-electron chi connectivity index (χ2n) is 3.01. The van der Waals surface area contributed by atoms with Crippen LogP contribution in [-0.2, 0) is 14.4 Å². The average molecular weight is 185 g/mol. The maximum absolute atomic E-state index is 11.1. The Kier molecular flexibility index (Phi) is 2.65. The number of nitrogens with zero attached hydrogens (tertiary/aromatic N) is 1. The molecule has 1 unspecified atom stereocenters. The minimum absolute atomic E-state index is 0.0286. The van der Waals surface area contributed by atoms with Crippen LogP contribution in [0.2, 0.25) is 0 Å². The number of ketones is 1. The van der Waals surface area contributed by atoms with E-state index in [2.05, 4.69) is 0 Å². The molecule has 1 rings (SSSR count). The number of aliphatic carboxylic acids is 1. The third-order valence-corrected chi connectivity index (χ3v) is 2.01. The maximum Gasteiger partial charge on any atom is 0.316 e. The van der Waals surface area contributed by atoms with Crippen LogP contribution in [-0.4, -0.2) is 40.8 Å². The van der Waals surface area contributed by atoms with Gasteiger partial charge in [0.25, 0.3) is 5.91 Å². The maximum atomic E-state index is 11.1. The summed E-state index contributed by atoms with van der Waals surface area (Å²) < 4.78 is 0. The third-order valence-electron chi connectivity index (χ3n) is 2.01. The van der Waals surface area contributed by atoms with Crippen molar-refractivity contribution in [3.05, 3.63) is 0 Å². The van der Waals surface area contributed by atoms with E-state index in [9.17, 15) is 14.4 Å². The first kappa shape index (κ1) is 9.70. The molecule has 1 aliphatic heterocycles. The summed E-state index contributed by atoms with van der Waals surface area (Å²) in [4.78, 5) is 34.0. The third kappa shape index (κ3) is 1.68. The summed E-state index contributed by atoms with van der Waals surface area (Å²) >= 11 is 0. The molecule has 0 radical (unpaired) electrons. The second-order valence-corrected chi connectivity index (χ2v) is 3.01. The highest BCUT2D eigenvalue weighted by atomic mass is 16.4. The van der Waals surface area contributed by atoms with Crippen molar-refractivity contribution in [3.63, 3.8) is 0 Å². The number of carbonyl (C=O) groups is 3. The van der Waals surface area contributed by atoms with Crippen LogP contribution in [0.5, 0.6) is 0 Å². The van der Waals surface area contributed by atoms with E-state index in [0.29, 0.717) is 6.54 Å². The van der Waals surface area contributed by atoms with Crippen LogP contribution in [0.3, 0.4) is 0 Å².